The van der Waals surface area contributed by atoms with Gasteiger partial charge in [0.05, 0.1) is 5.56 Å². The molecule has 0 amide bonds. The molecule has 82 valence electrons. The third-order valence-electron chi connectivity index (χ3n) is 1.67. The number of rotatable bonds is 4. The van der Waals surface area contributed by atoms with E-state index >= 15 is 0 Å². The standard InChI is InChI=1S/C11H8FNO3/c12-10-6-9(4-3-8(10)7-13)16-5-1-2-11(14)15/h1-4,6H,5H2,(H,14,15)/b2-1+. The molecule has 5 heteroatoms. The van der Waals surface area contributed by atoms with Crippen molar-refractivity contribution in [3.8, 4) is 11.8 Å². The average molecular weight is 221 g/mol. The molecule has 1 N–H and O–H groups in total. The highest BCUT2D eigenvalue weighted by atomic mass is 19.1. The Labute approximate surface area is 91.2 Å². The van der Waals surface area contributed by atoms with Gasteiger partial charge in [0.25, 0.3) is 0 Å². The summed E-state index contributed by atoms with van der Waals surface area (Å²) in [6.45, 7) is 0.0254. The largest absolute Gasteiger partial charge is 0.489 e. The van der Waals surface area contributed by atoms with Gasteiger partial charge in [-0.25, -0.2) is 9.18 Å². The quantitative estimate of drug-likeness (QED) is 0.786. The van der Waals surface area contributed by atoms with Gasteiger partial charge in [0, 0.05) is 12.1 Å². The zero-order chi connectivity index (χ0) is 12.0. The first kappa shape index (κ1) is 11.7. The van der Waals surface area contributed by atoms with Gasteiger partial charge in [-0.1, -0.05) is 0 Å². The molecule has 0 aliphatic carbocycles. The number of nitriles is 1. The van der Waals surface area contributed by atoms with Crippen molar-refractivity contribution in [2.45, 2.75) is 0 Å². The molecule has 0 aromatic heterocycles. The van der Waals surface area contributed by atoms with Crippen LogP contribution in [0.2, 0.25) is 0 Å². The van der Waals surface area contributed by atoms with Gasteiger partial charge < -0.3 is 9.84 Å². The van der Waals surface area contributed by atoms with Crippen molar-refractivity contribution in [2.24, 2.45) is 0 Å². The molecule has 0 fully saturated rings. The van der Waals surface area contributed by atoms with Gasteiger partial charge in [-0.15, -0.1) is 0 Å². The zero-order valence-corrected chi connectivity index (χ0v) is 8.18. The number of hydrogen-bond donors (Lipinski definition) is 1. The van der Waals surface area contributed by atoms with Crippen molar-refractivity contribution in [3.63, 3.8) is 0 Å². The fraction of sp³-hybridized carbons (Fsp3) is 0.0909. The van der Waals surface area contributed by atoms with Crippen LogP contribution in [-0.2, 0) is 4.79 Å². The van der Waals surface area contributed by atoms with Crippen molar-refractivity contribution >= 4 is 5.97 Å². The van der Waals surface area contributed by atoms with Crippen molar-refractivity contribution < 1.29 is 19.0 Å². The second-order valence-corrected chi connectivity index (χ2v) is 2.81. The topological polar surface area (TPSA) is 70.3 Å². The third-order valence-corrected chi connectivity index (χ3v) is 1.67. The molecule has 16 heavy (non-hydrogen) atoms. The molecule has 0 saturated carbocycles. The molecule has 4 nitrogen and oxygen atoms in total. The van der Waals surface area contributed by atoms with E-state index in [-0.39, 0.29) is 17.9 Å². The van der Waals surface area contributed by atoms with Crippen molar-refractivity contribution in [2.75, 3.05) is 6.61 Å². The van der Waals surface area contributed by atoms with Crippen molar-refractivity contribution in [1.82, 2.24) is 0 Å². The summed E-state index contributed by atoms with van der Waals surface area (Å²) in [6, 6.07) is 5.50. The molecule has 0 aliphatic heterocycles. The monoisotopic (exact) mass is 221 g/mol. The lowest BCUT2D eigenvalue weighted by Gasteiger charge is -2.02. The van der Waals surface area contributed by atoms with E-state index in [1.165, 1.54) is 18.2 Å². The lowest BCUT2D eigenvalue weighted by atomic mass is 10.2. The zero-order valence-electron chi connectivity index (χ0n) is 8.18. The molecule has 0 saturated heterocycles. The summed E-state index contributed by atoms with van der Waals surface area (Å²) in [7, 11) is 0. The van der Waals surface area contributed by atoms with Crippen LogP contribution in [0.1, 0.15) is 5.56 Å². The lowest BCUT2D eigenvalue weighted by molar-refractivity contribution is -0.131. The third kappa shape index (κ3) is 3.42. The van der Waals surface area contributed by atoms with Gasteiger partial charge in [0.1, 0.15) is 24.2 Å². The van der Waals surface area contributed by atoms with Crippen LogP contribution in [0.3, 0.4) is 0 Å². The molecule has 0 aliphatic rings. The number of carbonyl (C=O) groups is 1. The second kappa shape index (κ2) is 5.51. The fourth-order valence-corrected chi connectivity index (χ4v) is 0.970. The van der Waals surface area contributed by atoms with E-state index in [2.05, 4.69) is 0 Å². The maximum absolute atomic E-state index is 13.1. The number of carboxylic acids is 1. The Bertz CT molecular complexity index is 463. The van der Waals surface area contributed by atoms with E-state index in [0.29, 0.717) is 0 Å². The normalized spacial score (nSPS) is 10.0. The van der Waals surface area contributed by atoms with E-state index < -0.39 is 11.8 Å². The Morgan fingerprint density at radius 3 is 2.94 bits per heavy atom. The Hall–Kier alpha value is -2.35. The smallest absolute Gasteiger partial charge is 0.328 e. The minimum atomic E-state index is -1.07. The number of benzene rings is 1. The summed E-state index contributed by atoms with van der Waals surface area (Å²) in [4.78, 5) is 10.1. The van der Waals surface area contributed by atoms with Crippen LogP contribution in [0.25, 0.3) is 0 Å². The molecule has 1 rings (SSSR count). The summed E-state index contributed by atoms with van der Waals surface area (Å²) in [5, 5.41) is 16.8. The number of halogens is 1. The van der Waals surface area contributed by atoms with Crippen LogP contribution in [0.4, 0.5) is 4.39 Å². The Kier molecular flexibility index (Phi) is 4.04. The van der Waals surface area contributed by atoms with Crippen LogP contribution < -0.4 is 4.74 Å². The van der Waals surface area contributed by atoms with E-state index in [0.717, 1.165) is 12.1 Å². The highest BCUT2D eigenvalue weighted by Gasteiger charge is 2.02. The molecule has 0 radical (unpaired) electrons. The van der Waals surface area contributed by atoms with E-state index in [4.69, 9.17) is 15.1 Å². The van der Waals surface area contributed by atoms with Gasteiger partial charge in [-0.2, -0.15) is 5.26 Å². The molecule has 1 aromatic carbocycles. The Morgan fingerprint density at radius 2 is 2.38 bits per heavy atom. The molecule has 0 atom stereocenters. The summed E-state index contributed by atoms with van der Waals surface area (Å²) < 4.78 is 18.1. The second-order valence-electron chi connectivity index (χ2n) is 2.81. The van der Waals surface area contributed by atoms with Gasteiger partial charge in [-0.3, -0.25) is 0 Å². The summed E-state index contributed by atoms with van der Waals surface area (Å²) in [6.07, 6.45) is 2.22. The molecule has 1 aromatic rings. The molecule has 0 heterocycles. The first-order valence-corrected chi connectivity index (χ1v) is 4.35. The predicted octanol–water partition coefficient (Wildman–Crippen LogP) is 1.72. The Balaban J connectivity index is 2.59. The predicted molar refractivity (Wildman–Crippen MR) is 53.4 cm³/mol. The van der Waals surface area contributed by atoms with Gasteiger partial charge >= 0.3 is 5.97 Å². The minimum Gasteiger partial charge on any atom is -0.489 e. The summed E-state index contributed by atoms with van der Waals surface area (Å²) in [5.74, 6) is -1.50. The Morgan fingerprint density at radius 1 is 1.62 bits per heavy atom. The van der Waals surface area contributed by atoms with Gasteiger partial charge in [0.15, 0.2) is 0 Å². The van der Waals surface area contributed by atoms with Crippen molar-refractivity contribution in [3.05, 3.63) is 41.7 Å². The lowest BCUT2D eigenvalue weighted by Crippen LogP contribution is -1.96. The SMILES string of the molecule is N#Cc1ccc(OC/C=C/C(=O)O)cc1F. The molecule has 0 bridgehead atoms. The van der Waals surface area contributed by atoms with Crippen LogP contribution >= 0.6 is 0 Å². The summed E-state index contributed by atoms with van der Waals surface area (Å²) in [5.41, 5.74) is -0.0616. The number of aliphatic carboxylic acids is 1. The van der Waals surface area contributed by atoms with E-state index in [1.54, 1.807) is 6.07 Å². The number of hydrogen-bond acceptors (Lipinski definition) is 3. The first-order chi connectivity index (χ1) is 7.63. The summed E-state index contributed by atoms with van der Waals surface area (Å²) >= 11 is 0. The highest BCUT2D eigenvalue weighted by molar-refractivity contribution is 5.79. The molecular formula is C11H8FNO3. The van der Waals surface area contributed by atoms with Crippen LogP contribution in [0.15, 0.2) is 30.4 Å². The van der Waals surface area contributed by atoms with Crippen LogP contribution in [0, 0.1) is 17.1 Å². The minimum absolute atomic E-state index is 0.0254. The van der Waals surface area contributed by atoms with Crippen molar-refractivity contribution in [1.29, 1.82) is 5.26 Å². The highest BCUT2D eigenvalue weighted by Crippen LogP contribution is 2.15. The maximum atomic E-state index is 13.1. The molecular weight excluding hydrogens is 213 g/mol. The average Bonchev–Trinajstić information content (AvgIpc) is 2.24. The van der Waals surface area contributed by atoms with Crippen LogP contribution in [-0.4, -0.2) is 17.7 Å². The first-order valence-electron chi connectivity index (χ1n) is 4.35. The maximum Gasteiger partial charge on any atom is 0.328 e. The van der Waals surface area contributed by atoms with Gasteiger partial charge in [0.2, 0.25) is 0 Å². The number of nitrogens with zero attached hydrogens (tertiary/aromatic N) is 1. The number of ether oxygens (including phenoxy) is 1. The molecule has 0 spiro atoms. The van der Waals surface area contributed by atoms with Gasteiger partial charge in [-0.05, 0) is 18.2 Å². The van der Waals surface area contributed by atoms with E-state index in [9.17, 15) is 9.18 Å². The number of carboxylic acid groups (broad SMARTS) is 1. The fourth-order valence-electron chi connectivity index (χ4n) is 0.970. The molecule has 0 unspecified atom stereocenters. The van der Waals surface area contributed by atoms with E-state index in [1.807, 2.05) is 0 Å². The van der Waals surface area contributed by atoms with Crippen LogP contribution in [0.5, 0.6) is 5.75 Å².